The molecule has 0 atom stereocenters. The molecule has 2 heteroatoms. The zero-order valence-electron chi connectivity index (χ0n) is 10.2. The highest BCUT2D eigenvalue weighted by atomic mass is 19.1. The third kappa shape index (κ3) is 4.68. The molecule has 1 nitrogen and oxygen atoms in total. The topological polar surface area (TPSA) is 9.23 Å². The summed E-state index contributed by atoms with van der Waals surface area (Å²) in [6.07, 6.45) is 10.2. The van der Waals surface area contributed by atoms with E-state index >= 15 is 0 Å². The van der Waals surface area contributed by atoms with Crippen molar-refractivity contribution < 1.29 is 9.13 Å². The first-order valence-corrected chi connectivity index (χ1v) is 5.56. The lowest BCUT2D eigenvalue weighted by Gasteiger charge is -1.96. The molecule has 1 aromatic carbocycles. The molecule has 17 heavy (non-hydrogen) atoms. The van der Waals surface area contributed by atoms with Crippen LogP contribution >= 0.6 is 0 Å². The maximum absolute atomic E-state index is 13.2. The Kier molecular flexibility index (Phi) is 5.80. The first kappa shape index (κ1) is 13.2. The molecule has 0 saturated heterocycles. The molecule has 0 unspecified atom stereocenters. The first-order chi connectivity index (χ1) is 8.27. The fraction of sp³-hybridized carbons (Fsp3) is 0.200. The Bertz CT molecular complexity index is 430. The maximum atomic E-state index is 13.2. The number of halogens is 1. The largest absolute Gasteiger partial charge is 0.497 e. The zero-order chi connectivity index (χ0) is 12.5. The molecular weight excluding hydrogens is 215 g/mol. The van der Waals surface area contributed by atoms with E-state index in [1.165, 1.54) is 6.07 Å². The van der Waals surface area contributed by atoms with E-state index in [4.69, 9.17) is 4.74 Å². The van der Waals surface area contributed by atoms with Crippen LogP contribution in [0.3, 0.4) is 0 Å². The highest BCUT2D eigenvalue weighted by molar-refractivity contribution is 5.49. The molecule has 0 radical (unpaired) electrons. The third-order valence-corrected chi connectivity index (χ3v) is 2.28. The van der Waals surface area contributed by atoms with E-state index in [0.717, 1.165) is 12.2 Å². The van der Waals surface area contributed by atoms with Crippen molar-refractivity contribution in [2.75, 3.05) is 7.11 Å². The molecule has 1 aromatic rings. The molecule has 0 fully saturated rings. The van der Waals surface area contributed by atoms with Crippen LogP contribution < -0.4 is 0 Å². The molecule has 0 aliphatic rings. The van der Waals surface area contributed by atoms with Gasteiger partial charge in [-0.2, -0.15) is 0 Å². The predicted octanol–water partition coefficient (Wildman–Crippen LogP) is 4.34. The lowest BCUT2D eigenvalue weighted by atomic mass is 10.2. The number of methoxy groups -OCH3 is 1. The van der Waals surface area contributed by atoms with Crippen LogP contribution in [0, 0.1) is 5.82 Å². The van der Waals surface area contributed by atoms with Crippen LogP contribution in [0.4, 0.5) is 4.39 Å². The van der Waals surface area contributed by atoms with E-state index in [1.807, 2.05) is 37.3 Å². The summed E-state index contributed by atoms with van der Waals surface area (Å²) >= 11 is 0. The fourth-order valence-corrected chi connectivity index (χ4v) is 1.35. The zero-order valence-corrected chi connectivity index (χ0v) is 10.2. The van der Waals surface area contributed by atoms with Crippen molar-refractivity contribution in [2.24, 2.45) is 0 Å². The van der Waals surface area contributed by atoms with E-state index < -0.39 is 0 Å². The number of hydrogen-bond acceptors (Lipinski definition) is 1. The summed E-state index contributed by atoms with van der Waals surface area (Å²) in [7, 11) is 1.63. The number of ether oxygens (including phenoxy) is 1. The van der Waals surface area contributed by atoms with Crippen LogP contribution in [-0.2, 0) is 4.74 Å². The second-order valence-electron chi connectivity index (χ2n) is 3.46. The van der Waals surface area contributed by atoms with Gasteiger partial charge < -0.3 is 4.74 Å². The summed E-state index contributed by atoms with van der Waals surface area (Å²) in [5.41, 5.74) is 0.610. The lowest BCUT2D eigenvalue weighted by molar-refractivity contribution is 0.306. The van der Waals surface area contributed by atoms with Gasteiger partial charge in [-0.15, -0.1) is 0 Å². The Morgan fingerprint density at radius 3 is 2.71 bits per heavy atom. The second-order valence-corrected chi connectivity index (χ2v) is 3.46. The van der Waals surface area contributed by atoms with Gasteiger partial charge in [0.15, 0.2) is 0 Å². The van der Waals surface area contributed by atoms with Crippen molar-refractivity contribution >= 4 is 6.08 Å². The molecule has 0 aliphatic heterocycles. The van der Waals surface area contributed by atoms with Crippen molar-refractivity contribution in [1.82, 2.24) is 0 Å². The van der Waals surface area contributed by atoms with Gasteiger partial charge in [0, 0.05) is 5.56 Å². The second kappa shape index (κ2) is 7.44. The molecule has 0 saturated carbocycles. The van der Waals surface area contributed by atoms with Crippen molar-refractivity contribution in [3.05, 3.63) is 65.7 Å². The van der Waals surface area contributed by atoms with E-state index in [9.17, 15) is 4.39 Å². The van der Waals surface area contributed by atoms with E-state index in [0.29, 0.717) is 5.56 Å². The van der Waals surface area contributed by atoms with Gasteiger partial charge in [0.25, 0.3) is 0 Å². The van der Waals surface area contributed by atoms with E-state index in [-0.39, 0.29) is 5.82 Å². The molecule has 0 bridgehead atoms. The minimum Gasteiger partial charge on any atom is -0.497 e. The predicted molar refractivity (Wildman–Crippen MR) is 70.0 cm³/mol. The Morgan fingerprint density at radius 1 is 1.29 bits per heavy atom. The summed E-state index contributed by atoms with van der Waals surface area (Å²) in [6, 6.07) is 6.71. The van der Waals surface area contributed by atoms with Crippen LogP contribution in [-0.4, -0.2) is 7.11 Å². The minimum atomic E-state index is -0.196. The van der Waals surface area contributed by atoms with Gasteiger partial charge in [-0.25, -0.2) is 4.39 Å². The van der Waals surface area contributed by atoms with Gasteiger partial charge >= 0.3 is 0 Å². The van der Waals surface area contributed by atoms with Gasteiger partial charge in [0.1, 0.15) is 11.6 Å². The first-order valence-electron chi connectivity index (χ1n) is 5.56. The fourth-order valence-electron chi connectivity index (χ4n) is 1.35. The Hall–Kier alpha value is -1.83. The molecule has 0 aliphatic carbocycles. The van der Waals surface area contributed by atoms with Crippen molar-refractivity contribution in [2.45, 2.75) is 13.3 Å². The molecule has 0 amide bonds. The summed E-state index contributed by atoms with van der Waals surface area (Å²) in [4.78, 5) is 0. The minimum absolute atomic E-state index is 0.196. The molecular formula is C15H17FO. The number of allylic oxidation sites excluding steroid dienone is 4. The standard InChI is InChI=1S/C15H17FO/c1-3-14(17-2)11-6-4-5-9-13-10-7-8-12-15(13)16/h3,5-12H,4H2,1-2H3/b9-5+,11-6-,14-3+. The highest BCUT2D eigenvalue weighted by Crippen LogP contribution is 2.08. The van der Waals surface area contributed by atoms with Crippen LogP contribution in [0.5, 0.6) is 0 Å². The van der Waals surface area contributed by atoms with Gasteiger partial charge in [-0.1, -0.05) is 36.4 Å². The maximum Gasteiger partial charge on any atom is 0.130 e. The average Bonchev–Trinajstić information content (AvgIpc) is 2.36. The number of rotatable bonds is 5. The van der Waals surface area contributed by atoms with Crippen LogP contribution in [0.2, 0.25) is 0 Å². The average molecular weight is 232 g/mol. The Morgan fingerprint density at radius 2 is 2.06 bits per heavy atom. The van der Waals surface area contributed by atoms with Gasteiger partial charge in [0.2, 0.25) is 0 Å². The SMILES string of the molecule is C/C=C(\C=C/C/C=C/c1ccccc1F)OC. The van der Waals surface area contributed by atoms with E-state index in [1.54, 1.807) is 25.3 Å². The molecule has 1 rings (SSSR count). The summed E-state index contributed by atoms with van der Waals surface area (Å²) in [5, 5.41) is 0. The van der Waals surface area contributed by atoms with Crippen LogP contribution in [0.1, 0.15) is 18.9 Å². The van der Waals surface area contributed by atoms with Crippen LogP contribution in [0.15, 0.2) is 54.3 Å². The highest BCUT2D eigenvalue weighted by Gasteiger charge is 1.93. The summed E-state index contributed by atoms with van der Waals surface area (Å²) in [5.74, 6) is 0.628. The number of benzene rings is 1. The van der Waals surface area contributed by atoms with Crippen molar-refractivity contribution in [1.29, 1.82) is 0 Å². The quantitative estimate of drug-likeness (QED) is 0.542. The van der Waals surface area contributed by atoms with Gasteiger partial charge in [0.05, 0.1) is 7.11 Å². The molecule has 0 heterocycles. The smallest absolute Gasteiger partial charge is 0.130 e. The summed E-state index contributed by atoms with van der Waals surface area (Å²) < 4.78 is 18.3. The molecule has 0 aromatic heterocycles. The molecule has 0 spiro atoms. The third-order valence-electron chi connectivity index (χ3n) is 2.28. The normalized spacial score (nSPS) is 12.5. The van der Waals surface area contributed by atoms with Crippen molar-refractivity contribution in [3.8, 4) is 0 Å². The van der Waals surface area contributed by atoms with Crippen molar-refractivity contribution in [3.63, 3.8) is 0 Å². The van der Waals surface area contributed by atoms with Gasteiger partial charge in [-0.3, -0.25) is 0 Å². The van der Waals surface area contributed by atoms with Crippen LogP contribution in [0.25, 0.3) is 6.08 Å². The monoisotopic (exact) mass is 232 g/mol. The summed E-state index contributed by atoms with van der Waals surface area (Å²) in [6.45, 7) is 1.92. The number of hydrogen-bond donors (Lipinski definition) is 0. The molecule has 0 N–H and O–H groups in total. The Balaban J connectivity index is 2.49. The van der Waals surface area contributed by atoms with Gasteiger partial charge in [-0.05, 0) is 31.6 Å². The van der Waals surface area contributed by atoms with E-state index in [2.05, 4.69) is 0 Å². The molecule has 90 valence electrons. The lowest BCUT2D eigenvalue weighted by Crippen LogP contribution is -1.80. The Labute approximate surface area is 102 Å².